The van der Waals surface area contributed by atoms with Crippen LogP contribution in [0, 0.1) is 0 Å². The van der Waals surface area contributed by atoms with Crippen LogP contribution in [0.4, 0.5) is 0 Å². The number of tetrazole rings is 1. The van der Waals surface area contributed by atoms with Gasteiger partial charge in [0.05, 0.1) is 6.54 Å². The Kier molecular flexibility index (Phi) is 6.63. The van der Waals surface area contributed by atoms with Crippen LogP contribution in [0.2, 0.25) is 0 Å². The highest BCUT2D eigenvalue weighted by atomic mass is 16.2. The maximum atomic E-state index is 12.7. The van der Waals surface area contributed by atoms with E-state index >= 15 is 0 Å². The van der Waals surface area contributed by atoms with Gasteiger partial charge < -0.3 is 4.90 Å². The number of hydrogen-bond acceptors (Lipinski definition) is 6. The fourth-order valence-corrected chi connectivity index (χ4v) is 3.91. The first-order chi connectivity index (χ1) is 14.3. The summed E-state index contributed by atoms with van der Waals surface area (Å²) < 4.78 is 1.66. The van der Waals surface area contributed by atoms with Crippen molar-refractivity contribution in [3.8, 4) is 0 Å². The van der Waals surface area contributed by atoms with E-state index in [0.29, 0.717) is 0 Å². The van der Waals surface area contributed by atoms with Gasteiger partial charge in [0, 0.05) is 32.7 Å². The van der Waals surface area contributed by atoms with Crippen LogP contribution in [0.1, 0.15) is 24.2 Å². The van der Waals surface area contributed by atoms with Crippen molar-refractivity contribution in [3.63, 3.8) is 0 Å². The van der Waals surface area contributed by atoms with Gasteiger partial charge in [0.25, 0.3) is 0 Å². The van der Waals surface area contributed by atoms with Crippen LogP contribution >= 0.6 is 0 Å². The molecule has 0 atom stereocenters. The Morgan fingerprint density at radius 3 is 2.48 bits per heavy atom. The second kappa shape index (κ2) is 9.76. The molecule has 0 bridgehead atoms. The number of nitrogens with zero attached hydrogens (tertiary/aromatic N) is 7. The minimum atomic E-state index is 0.0967. The molecule has 3 heterocycles. The van der Waals surface area contributed by atoms with Gasteiger partial charge in [0.1, 0.15) is 6.54 Å². The first kappa shape index (κ1) is 19.7. The summed E-state index contributed by atoms with van der Waals surface area (Å²) in [6.07, 6.45) is 6.80. The summed E-state index contributed by atoms with van der Waals surface area (Å²) in [4.78, 5) is 19.4. The number of carbonyl (C=O) groups excluding carboxylic acids is 1. The molecule has 29 heavy (non-hydrogen) atoms. The molecule has 2 saturated heterocycles. The molecule has 1 amide bonds. The molecule has 0 N–H and O–H groups in total. The first-order valence-electron chi connectivity index (χ1n) is 10.5. The third-order valence-corrected chi connectivity index (χ3v) is 5.65. The number of hydrogen-bond donors (Lipinski definition) is 0. The van der Waals surface area contributed by atoms with Crippen molar-refractivity contribution in [3.05, 3.63) is 47.8 Å². The molecule has 2 fully saturated rings. The van der Waals surface area contributed by atoms with Crippen LogP contribution in [0.15, 0.2) is 36.4 Å². The third kappa shape index (κ3) is 5.48. The summed E-state index contributed by atoms with van der Waals surface area (Å²) in [5, 5.41) is 11.9. The lowest BCUT2D eigenvalue weighted by molar-refractivity contribution is -0.133. The zero-order valence-corrected chi connectivity index (χ0v) is 16.9. The number of aromatic nitrogens is 4. The Bertz CT molecular complexity index is 805. The van der Waals surface area contributed by atoms with Gasteiger partial charge in [-0.15, -0.1) is 5.10 Å². The number of rotatable bonds is 7. The number of benzene rings is 1. The summed E-state index contributed by atoms with van der Waals surface area (Å²) >= 11 is 0. The standard InChI is InChI=1S/C21H29N7O/c29-21(18-28-20(22-23-24-28)17-26-10-4-5-11-26)27-15-13-25(14-16-27)12-6-9-19-7-2-1-3-8-19/h1-3,6-9H,4-5,10-18H2/b9-6+. The highest BCUT2D eigenvalue weighted by Gasteiger charge is 2.23. The Hall–Kier alpha value is -2.58. The van der Waals surface area contributed by atoms with E-state index in [-0.39, 0.29) is 12.5 Å². The van der Waals surface area contributed by atoms with Crippen LogP contribution in [-0.2, 0) is 17.9 Å². The van der Waals surface area contributed by atoms with Crippen LogP contribution in [0.3, 0.4) is 0 Å². The van der Waals surface area contributed by atoms with Gasteiger partial charge in [0.2, 0.25) is 5.91 Å². The average Bonchev–Trinajstić information content (AvgIpc) is 3.42. The maximum absolute atomic E-state index is 12.7. The molecule has 2 aromatic rings. The van der Waals surface area contributed by atoms with Gasteiger partial charge in [0.15, 0.2) is 5.82 Å². The fourth-order valence-electron chi connectivity index (χ4n) is 3.91. The molecule has 0 unspecified atom stereocenters. The van der Waals surface area contributed by atoms with E-state index in [0.717, 1.165) is 58.2 Å². The van der Waals surface area contributed by atoms with E-state index in [2.05, 4.69) is 49.6 Å². The van der Waals surface area contributed by atoms with Crippen molar-refractivity contribution < 1.29 is 4.79 Å². The molecule has 2 aliphatic heterocycles. The van der Waals surface area contributed by atoms with E-state index in [4.69, 9.17) is 0 Å². The molecule has 0 spiro atoms. The summed E-state index contributed by atoms with van der Waals surface area (Å²) in [5.74, 6) is 0.879. The lowest BCUT2D eigenvalue weighted by Crippen LogP contribution is -2.49. The average molecular weight is 396 g/mol. The minimum absolute atomic E-state index is 0.0967. The molecule has 154 valence electrons. The summed E-state index contributed by atoms with van der Waals surface area (Å²) in [6, 6.07) is 10.3. The van der Waals surface area contributed by atoms with Crippen molar-refractivity contribution in [1.29, 1.82) is 0 Å². The summed E-state index contributed by atoms with van der Waals surface area (Å²) in [6.45, 7) is 7.31. The van der Waals surface area contributed by atoms with E-state index < -0.39 is 0 Å². The number of carbonyl (C=O) groups is 1. The van der Waals surface area contributed by atoms with Crippen molar-refractivity contribution in [1.82, 2.24) is 34.9 Å². The van der Waals surface area contributed by atoms with E-state index in [1.54, 1.807) is 4.68 Å². The van der Waals surface area contributed by atoms with E-state index in [1.165, 1.54) is 18.4 Å². The Balaban J connectivity index is 1.22. The number of likely N-dealkylation sites (tertiary alicyclic amines) is 1. The van der Waals surface area contributed by atoms with Gasteiger partial charge in [-0.3, -0.25) is 14.6 Å². The fraction of sp³-hybridized carbons (Fsp3) is 0.524. The van der Waals surface area contributed by atoms with Gasteiger partial charge in [-0.1, -0.05) is 42.5 Å². The van der Waals surface area contributed by atoms with Gasteiger partial charge in [-0.25, -0.2) is 4.68 Å². The highest BCUT2D eigenvalue weighted by molar-refractivity contribution is 5.76. The van der Waals surface area contributed by atoms with Gasteiger partial charge in [-0.2, -0.15) is 0 Å². The molecule has 0 saturated carbocycles. The molecule has 2 aliphatic rings. The largest absolute Gasteiger partial charge is 0.339 e. The normalized spacial score (nSPS) is 18.7. The topological polar surface area (TPSA) is 70.4 Å². The summed E-state index contributed by atoms with van der Waals surface area (Å²) in [5.41, 5.74) is 1.22. The molecular formula is C21H29N7O. The first-order valence-corrected chi connectivity index (χ1v) is 10.5. The summed E-state index contributed by atoms with van der Waals surface area (Å²) in [7, 11) is 0. The Morgan fingerprint density at radius 1 is 0.966 bits per heavy atom. The van der Waals surface area contributed by atoms with Crippen molar-refractivity contribution in [2.45, 2.75) is 25.9 Å². The highest BCUT2D eigenvalue weighted by Crippen LogP contribution is 2.11. The molecular weight excluding hydrogens is 366 g/mol. The molecule has 1 aromatic carbocycles. The van der Waals surface area contributed by atoms with Crippen LogP contribution in [0.25, 0.3) is 6.08 Å². The lowest BCUT2D eigenvalue weighted by Gasteiger charge is -2.34. The second-order valence-corrected chi connectivity index (χ2v) is 7.73. The van der Waals surface area contributed by atoms with Gasteiger partial charge >= 0.3 is 0 Å². The molecule has 8 heteroatoms. The van der Waals surface area contributed by atoms with Crippen LogP contribution in [-0.4, -0.2) is 86.6 Å². The number of amides is 1. The number of piperazine rings is 1. The predicted octanol–water partition coefficient (Wildman–Crippen LogP) is 1.13. The quantitative estimate of drug-likeness (QED) is 0.700. The predicted molar refractivity (Wildman–Crippen MR) is 111 cm³/mol. The monoisotopic (exact) mass is 395 g/mol. The maximum Gasteiger partial charge on any atom is 0.244 e. The zero-order valence-electron chi connectivity index (χ0n) is 16.9. The van der Waals surface area contributed by atoms with Crippen molar-refractivity contribution in [2.75, 3.05) is 45.8 Å². The molecule has 1 aromatic heterocycles. The van der Waals surface area contributed by atoms with E-state index in [9.17, 15) is 4.79 Å². The minimum Gasteiger partial charge on any atom is -0.339 e. The molecule has 8 nitrogen and oxygen atoms in total. The SMILES string of the molecule is O=C(Cn1nnnc1CN1CCCC1)N1CCN(C/C=C/c2ccccc2)CC1. The van der Waals surface area contributed by atoms with Crippen molar-refractivity contribution in [2.24, 2.45) is 0 Å². The molecule has 0 radical (unpaired) electrons. The van der Waals surface area contributed by atoms with E-state index in [1.807, 2.05) is 23.1 Å². The van der Waals surface area contributed by atoms with Crippen LogP contribution in [0.5, 0.6) is 0 Å². The second-order valence-electron chi connectivity index (χ2n) is 7.73. The third-order valence-electron chi connectivity index (χ3n) is 5.65. The Labute approximate surface area is 171 Å². The zero-order chi connectivity index (χ0) is 19.9. The van der Waals surface area contributed by atoms with Crippen LogP contribution < -0.4 is 0 Å². The lowest BCUT2D eigenvalue weighted by atomic mass is 10.2. The molecule has 0 aliphatic carbocycles. The van der Waals surface area contributed by atoms with Crippen molar-refractivity contribution >= 4 is 12.0 Å². The smallest absolute Gasteiger partial charge is 0.244 e. The Morgan fingerprint density at radius 2 is 1.72 bits per heavy atom. The van der Waals surface area contributed by atoms with Gasteiger partial charge in [-0.05, 0) is 41.9 Å². The molecule has 4 rings (SSSR count).